The summed E-state index contributed by atoms with van der Waals surface area (Å²) in [5, 5.41) is 10.8. The molecule has 0 saturated carbocycles. The second kappa shape index (κ2) is 7.19. The van der Waals surface area contributed by atoms with Gasteiger partial charge in [0.15, 0.2) is 0 Å². The van der Waals surface area contributed by atoms with Crippen LogP contribution in [-0.4, -0.2) is 40.8 Å². The number of nitro groups is 1. The molecule has 1 saturated heterocycles. The number of benzene rings is 2. The molecular formula is C20H21N3O4. The molecule has 0 aliphatic carbocycles. The summed E-state index contributed by atoms with van der Waals surface area (Å²) in [6.07, 6.45) is 0. The molecule has 1 fully saturated rings. The maximum absolute atomic E-state index is 12.9. The number of nitrogens with zero attached hydrogens (tertiary/aromatic N) is 3. The molecule has 3 rings (SSSR count). The number of non-ortho nitro benzene ring substituents is 1. The van der Waals surface area contributed by atoms with Gasteiger partial charge in [-0.3, -0.25) is 19.7 Å². The molecule has 2 aromatic rings. The van der Waals surface area contributed by atoms with Crippen molar-refractivity contribution in [3.05, 3.63) is 69.3 Å². The van der Waals surface area contributed by atoms with Crippen molar-refractivity contribution in [3.8, 4) is 0 Å². The second-order valence-corrected chi connectivity index (χ2v) is 6.69. The SMILES string of the molecule is Cc1cccc(N2CCN(C(=O)c3ccc([N+](=O)[O-])cc3)[C@@H](C)C2=O)c1C. The van der Waals surface area contributed by atoms with E-state index in [-0.39, 0.29) is 17.5 Å². The molecule has 7 heteroatoms. The van der Waals surface area contributed by atoms with Crippen molar-refractivity contribution >= 4 is 23.2 Å². The molecule has 1 heterocycles. The van der Waals surface area contributed by atoms with Gasteiger partial charge in [0.2, 0.25) is 5.91 Å². The average molecular weight is 367 g/mol. The quantitative estimate of drug-likeness (QED) is 0.616. The third-order valence-electron chi connectivity index (χ3n) is 5.11. The fourth-order valence-electron chi connectivity index (χ4n) is 3.31. The standard InChI is InChI=1S/C20H21N3O4/c1-13-5-4-6-18(14(13)2)22-12-11-21(15(3)19(22)24)20(25)16-7-9-17(10-8-16)23(26)27/h4-10,15H,11-12H2,1-3H3/t15-/m0/s1. The molecule has 1 aliphatic heterocycles. The van der Waals surface area contributed by atoms with Crippen molar-refractivity contribution in [2.45, 2.75) is 26.8 Å². The van der Waals surface area contributed by atoms with Gasteiger partial charge in [0.25, 0.3) is 11.6 Å². The van der Waals surface area contributed by atoms with E-state index < -0.39 is 11.0 Å². The molecular weight excluding hydrogens is 346 g/mol. The summed E-state index contributed by atoms with van der Waals surface area (Å²) in [6.45, 7) is 6.50. The zero-order chi connectivity index (χ0) is 19.7. The van der Waals surface area contributed by atoms with Gasteiger partial charge in [-0.15, -0.1) is 0 Å². The Labute approximate surface area is 157 Å². The van der Waals surface area contributed by atoms with Crippen molar-refractivity contribution in [2.24, 2.45) is 0 Å². The number of carbonyl (C=O) groups excluding carboxylic acids is 2. The van der Waals surface area contributed by atoms with Gasteiger partial charge in [-0.2, -0.15) is 0 Å². The molecule has 0 aromatic heterocycles. The highest BCUT2D eigenvalue weighted by atomic mass is 16.6. The number of carbonyl (C=O) groups is 2. The minimum atomic E-state index is -0.610. The van der Waals surface area contributed by atoms with E-state index in [4.69, 9.17) is 0 Å². The fourth-order valence-corrected chi connectivity index (χ4v) is 3.31. The van der Waals surface area contributed by atoms with Crippen LogP contribution in [0.15, 0.2) is 42.5 Å². The summed E-state index contributed by atoms with van der Waals surface area (Å²) in [7, 11) is 0. The van der Waals surface area contributed by atoms with Crippen LogP contribution in [0.25, 0.3) is 0 Å². The van der Waals surface area contributed by atoms with Crippen LogP contribution in [0.1, 0.15) is 28.4 Å². The van der Waals surface area contributed by atoms with E-state index >= 15 is 0 Å². The maximum Gasteiger partial charge on any atom is 0.269 e. The Kier molecular flexibility index (Phi) is 4.94. The third-order valence-corrected chi connectivity index (χ3v) is 5.11. The summed E-state index contributed by atoms with van der Waals surface area (Å²) in [4.78, 5) is 39.2. The van der Waals surface area contributed by atoms with Gasteiger partial charge >= 0.3 is 0 Å². The zero-order valence-electron chi connectivity index (χ0n) is 15.5. The minimum absolute atomic E-state index is 0.0737. The fraction of sp³-hybridized carbons (Fsp3) is 0.300. The van der Waals surface area contributed by atoms with Crippen LogP contribution in [-0.2, 0) is 4.79 Å². The number of rotatable bonds is 3. The van der Waals surface area contributed by atoms with Crippen LogP contribution in [0.3, 0.4) is 0 Å². The highest BCUT2D eigenvalue weighted by Crippen LogP contribution is 2.27. The number of nitro benzene ring substituents is 1. The molecule has 27 heavy (non-hydrogen) atoms. The monoisotopic (exact) mass is 367 g/mol. The van der Waals surface area contributed by atoms with Crippen LogP contribution in [0.2, 0.25) is 0 Å². The van der Waals surface area contributed by atoms with Crippen molar-refractivity contribution in [1.29, 1.82) is 0 Å². The molecule has 0 spiro atoms. The first-order valence-corrected chi connectivity index (χ1v) is 8.74. The van der Waals surface area contributed by atoms with Gasteiger partial charge in [0.05, 0.1) is 4.92 Å². The van der Waals surface area contributed by atoms with Gasteiger partial charge in [0, 0.05) is 36.5 Å². The predicted octanol–water partition coefficient (Wildman–Crippen LogP) is 3.09. The van der Waals surface area contributed by atoms with E-state index in [0.29, 0.717) is 18.7 Å². The van der Waals surface area contributed by atoms with Crippen LogP contribution in [0.4, 0.5) is 11.4 Å². The average Bonchev–Trinajstić information content (AvgIpc) is 2.66. The summed E-state index contributed by atoms with van der Waals surface area (Å²) >= 11 is 0. The smallest absolute Gasteiger partial charge is 0.269 e. The van der Waals surface area contributed by atoms with Crippen LogP contribution in [0, 0.1) is 24.0 Å². The van der Waals surface area contributed by atoms with Crippen LogP contribution in [0.5, 0.6) is 0 Å². The zero-order valence-corrected chi connectivity index (χ0v) is 15.5. The third kappa shape index (κ3) is 3.40. The Morgan fingerprint density at radius 1 is 1.11 bits per heavy atom. The summed E-state index contributed by atoms with van der Waals surface area (Å²) in [5.41, 5.74) is 3.29. The van der Waals surface area contributed by atoms with E-state index in [1.165, 1.54) is 29.2 Å². The lowest BCUT2D eigenvalue weighted by Gasteiger charge is -2.39. The number of hydrogen-bond donors (Lipinski definition) is 0. The molecule has 0 bridgehead atoms. The first-order valence-electron chi connectivity index (χ1n) is 8.74. The second-order valence-electron chi connectivity index (χ2n) is 6.69. The lowest BCUT2D eigenvalue weighted by Crippen LogP contribution is -2.58. The minimum Gasteiger partial charge on any atom is -0.325 e. The van der Waals surface area contributed by atoms with E-state index in [1.54, 1.807) is 11.8 Å². The van der Waals surface area contributed by atoms with Crippen LogP contribution < -0.4 is 4.90 Å². The normalized spacial score (nSPS) is 17.1. The molecule has 140 valence electrons. The number of hydrogen-bond acceptors (Lipinski definition) is 4. The van der Waals surface area contributed by atoms with Crippen molar-refractivity contribution < 1.29 is 14.5 Å². The Balaban J connectivity index is 1.81. The van der Waals surface area contributed by atoms with Crippen LogP contribution >= 0.6 is 0 Å². The van der Waals surface area contributed by atoms with Crippen molar-refractivity contribution in [1.82, 2.24) is 4.90 Å². The van der Waals surface area contributed by atoms with Gasteiger partial charge in [-0.05, 0) is 50.1 Å². The molecule has 7 nitrogen and oxygen atoms in total. The molecule has 2 aromatic carbocycles. The topological polar surface area (TPSA) is 83.8 Å². The number of anilines is 1. The van der Waals surface area contributed by atoms with E-state index in [0.717, 1.165) is 16.8 Å². The van der Waals surface area contributed by atoms with Crippen molar-refractivity contribution in [3.63, 3.8) is 0 Å². The molecule has 2 amide bonds. The predicted molar refractivity (Wildman–Crippen MR) is 102 cm³/mol. The maximum atomic E-state index is 12.9. The molecule has 0 N–H and O–H groups in total. The summed E-state index contributed by atoms with van der Waals surface area (Å²) in [6, 6.07) is 10.7. The summed E-state index contributed by atoms with van der Waals surface area (Å²) in [5.74, 6) is -0.434. The molecule has 0 radical (unpaired) electrons. The van der Waals surface area contributed by atoms with E-state index in [1.807, 2.05) is 32.0 Å². The van der Waals surface area contributed by atoms with Gasteiger partial charge < -0.3 is 9.80 Å². The van der Waals surface area contributed by atoms with E-state index in [9.17, 15) is 19.7 Å². The largest absolute Gasteiger partial charge is 0.325 e. The Bertz CT molecular complexity index is 908. The first-order chi connectivity index (χ1) is 12.8. The number of amides is 2. The van der Waals surface area contributed by atoms with Gasteiger partial charge in [0.1, 0.15) is 6.04 Å². The van der Waals surface area contributed by atoms with Gasteiger partial charge in [-0.25, -0.2) is 0 Å². The Morgan fingerprint density at radius 2 is 1.78 bits per heavy atom. The summed E-state index contributed by atoms with van der Waals surface area (Å²) < 4.78 is 0. The van der Waals surface area contributed by atoms with Crippen molar-refractivity contribution in [2.75, 3.05) is 18.0 Å². The highest BCUT2D eigenvalue weighted by molar-refractivity contribution is 6.03. The molecule has 1 atom stereocenters. The Morgan fingerprint density at radius 3 is 2.41 bits per heavy atom. The molecule has 1 aliphatic rings. The van der Waals surface area contributed by atoms with E-state index in [2.05, 4.69) is 0 Å². The Hall–Kier alpha value is -3.22. The number of piperazine rings is 1. The molecule has 0 unspecified atom stereocenters. The first kappa shape index (κ1) is 18.6. The lowest BCUT2D eigenvalue weighted by molar-refractivity contribution is -0.384. The lowest BCUT2D eigenvalue weighted by atomic mass is 10.0. The number of aryl methyl sites for hydroxylation is 1. The highest BCUT2D eigenvalue weighted by Gasteiger charge is 2.36. The van der Waals surface area contributed by atoms with Gasteiger partial charge in [-0.1, -0.05) is 12.1 Å².